The molecule has 1 amide bonds. The van der Waals surface area contributed by atoms with E-state index in [0.29, 0.717) is 17.8 Å². The van der Waals surface area contributed by atoms with Gasteiger partial charge in [-0.3, -0.25) is 9.48 Å². The summed E-state index contributed by atoms with van der Waals surface area (Å²) in [6, 6.07) is 4.02. The van der Waals surface area contributed by atoms with Crippen molar-refractivity contribution in [2.24, 2.45) is 0 Å². The third kappa shape index (κ3) is 2.30. The highest BCUT2D eigenvalue weighted by molar-refractivity contribution is 5.95. The minimum atomic E-state index is 0.165. The first-order valence-electron chi connectivity index (χ1n) is 7.57. The summed E-state index contributed by atoms with van der Waals surface area (Å²) in [7, 11) is 0. The lowest BCUT2D eigenvalue weighted by Gasteiger charge is -2.39. The van der Waals surface area contributed by atoms with Gasteiger partial charge in [0.2, 0.25) is 5.91 Å². The van der Waals surface area contributed by atoms with Crippen LogP contribution in [0.5, 0.6) is 0 Å². The van der Waals surface area contributed by atoms with Crippen LogP contribution in [0.15, 0.2) is 24.7 Å². The number of anilines is 2. The Morgan fingerprint density at radius 1 is 1.35 bits per heavy atom. The Kier molecular flexibility index (Phi) is 3.19. The fourth-order valence-electron chi connectivity index (χ4n) is 3.03. The van der Waals surface area contributed by atoms with E-state index in [9.17, 15) is 4.79 Å². The van der Waals surface area contributed by atoms with Gasteiger partial charge in [0.15, 0.2) is 5.82 Å². The second kappa shape index (κ2) is 5.35. The molecule has 23 heavy (non-hydrogen) atoms. The second-order valence-electron chi connectivity index (χ2n) is 5.77. The van der Waals surface area contributed by atoms with Crippen molar-refractivity contribution < 1.29 is 4.79 Å². The molecule has 0 aromatic carbocycles. The summed E-state index contributed by atoms with van der Waals surface area (Å²) in [6.07, 6.45) is 6.71. The Bertz CT molecular complexity index is 787. The number of aromatic nitrogens is 4. The molecule has 0 atom stereocenters. The van der Waals surface area contributed by atoms with Crippen molar-refractivity contribution in [2.45, 2.75) is 18.9 Å². The van der Waals surface area contributed by atoms with Crippen molar-refractivity contribution in [3.05, 3.63) is 30.2 Å². The summed E-state index contributed by atoms with van der Waals surface area (Å²) in [5, 5.41) is 21.4. The van der Waals surface area contributed by atoms with Crippen molar-refractivity contribution in [2.75, 3.05) is 29.4 Å². The van der Waals surface area contributed by atoms with E-state index in [4.69, 9.17) is 5.26 Å². The van der Waals surface area contributed by atoms with Gasteiger partial charge < -0.3 is 9.80 Å². The molecular formula is C15H15N7O. The Hall–Kier alpha value is -2.95. The summed E-state index contributed by atoms with van der Waals surface area (Å²) in [5.74, 6) is 0.784. The highest BCUT2D eigenvalue weighted by Crippen LogP contribution is 2.29. The van der Waals surface area contributed by atoms with Crippen LogP contribution >= 0.6 is 0 Å². The van der Waals surface area contributed by atoms with Crippen molar-refractivity contribution >= 4 is 17.4 Å². The van der Waals surface area contributed by atoms with Crippen LogP contribution in [0.25, 0.3) is 0 Å². The third-order valence-corrected chi connectivity index (χ3v) is 4.33. The van der Waals surface area contributed by atoms with E-state index in [1.807, 2.05) is 15.8 Å². The van der Waals surface area contributed by atoms with E-state index < -0.39 is 0 Å². The highest BCUT2D eigenvalue weighted by Gasteiger charge is 2.32. The molecule has 0 spiro atoms. The highest BCUT2D eigenvalue weighted by atomic mass is 16.2. The number of hydrogen-bond donors (Lipinski definition) is 0. The first kappa shape index (κ1) is 13.7. The number of hydrogen-bond acceptors (Lipinski definition) is 6. The van der Waals surface area contributed by atoms with Gasteiger partial charge in [0, 0.05) is 32.3 Å². The average Bonchev–Trinajstić information content (AvgIpc) is 3.15. The van der Waals surface area contributed by atoms with Gasteiger partial charge in [0.1, 0.15) is 6.07 Å². The van der Waals surface area contributed by atoms with Gasteiger partial charge in [0.25, 0.3) is 0 Å². The van der Waals surface area contributed by atoms with Gasteiger partial charge in [-0.1, -0.05) is 0 Å². The molecule has 8 heteroatoms. The quantitative estimate of drug-likeness (QED) is 0.830. The van der Waals surface area contributed by atoms with Gasteiger partial charge >= 0.3 is 0 Å². The number of carbonyl (C=O) groups is 1. The maximum Gasteiger partial charge on any atom is 0.227 e. The van der Waals surface area contributed by atoms with Crippen molar-refractivity contribution in [1.82, 2.24) is 20.0 Å². The smallest absolute Gasteiger partial charge is 0.227 e. The van der Waals surface area contributed by atoms with Gasteiger partial charge in [-0.05, 0) is 12.5 Å². The van der Waals surface area contributed by atoms with Gasteiger partial charge in [0.05, 0.1) is 29.7 Å². The van der Waals surface area contributed by atoms with Crippen LogP contribution in [0.2, 0.25) is 0 Å². The molecule has 2 aliphatic heterocycles. The molecule has 0 unspecified atom stereocenters. The Labute approximate surface area is 132 Å². The standard InChI is InChI=1S/C15H15N7O/c16-6-11-3-4-17-19-15(11)20-8-13(9-20)22-10-12(7-18-22)21-5-1-2-14(21)23/h3-4,7,10,13H,1-2,5,8-9H2. The van der Waals surface area contributed by atoms with E-state index >= 15 is 0 Å². The van der Waals surface area contributed by atoms with E-state index in [2.05, 4.69) is 21.4 Å². The summed E-state index contributed by atoms with van der Waals surface area (Å²) in [4.78, 5) is 15.6. The molecule has 2 aromatic rings. The number of carbonyl (C=O) groups excluding carboxylic acids is 1. The van der Waals surface area contributed by atoms with Crippen LogP contribution in [-0.4, -0.2) is 45.5 Å². The topological polar surface area (TPSA) is 90.9 Å². The lowest BCUT2D eigenvalue weighted by Crippen LogP contribution is -2.48. The lowest BCUT2D eigenvalue weighted by atomic mass is 10.1. The fraction of sp³-hybridized carbons (Fsp3) is 0.400. The van der Waals surface area contributed by atoms with Crippen molar-refractivity contribution in [3.8, 4) is 6.07 Å². The largest absolute Gasteiger partial charge is 0.350 e. The molecule has 2 aromatic heterocycles. The maximum atomic E-state index is 11.8. The van der Waals surface area contributed by atoms with Crippen LogP contribution in [0.3, 0.4) is 0 Å². The van der Waals surface area contributed by atoms with Crippen LogP contribution in [-0.2, 0) is 4.79 Å². The summed E-state index contributed by atoms with van der Waals surface area (Å²) in [6.45, 7) is 2.22. The van der Waals surface area contributed by atoms with Crippen LogP contribution in [0, 0.1) is 11.3 Å². The molecule has 4 heterocycles. The van der Waals surface area contributed by atoms with E-state index in [1.165, 1.54) is 6.20 Å². The summed E-state index contributed by atoms with van der Waals surface area (Å²) < 4.78 is 1.89. The zero-order valence-corrected chi connectivity index (χ0v) is 12.5. The van der Waals surface area contributed by atoms with Crippen LogP contribution in [0.1, 0.15) is 24.4 Å². The molecule has 4 rings (SSSR count). The zero-order chi connectivity index (χ0) is 15.8. The molecule has 2 saturated heterocycles. The van der Waals surface area contributed by atoms with Crippen LogP contribution < -0.4 is 9.80 Å². The molecule has 0 N–H and O–H groups in total. The van der Waals surface area contributed by atoms with E-state index in [1.54, 1.807) is 17.2 Å². The van der Waals surface area contributed by atoms with E-state index in [-0.39, 0.29) is 11.9 Å². The van der Waals surface area contributed by atoms with Crippen molar-refractivity contribution in [3.63, 3.8) is 0 Å². The molecule has 0 saturated carbocycles. The van der Waals surface area contributed by atoms with Gasteiger partial charge in [-0.15, -0.1) is 5.10 Å². The minimum Gasteiger partial charge on any atom is -0.350 e. The molecule has 2 fully saturated rings. The molecular weight excluding hydrogens is 294 g/mol. The number of amides is 1. The molecule has 116 valence electrons. The minimum absolute atomic E-state index is 0.165. The first-order chi connectivity index (χ1) is 11.3. The predicted molar refractivity (Wildman–Crippen MR) is 81.8 cm³/mol. The molecule has 0 aliphatic carbocycles. The second-order valence-corrected chi connectivity index (χ2v) is 5.77. The average molecular weight is 309 g/mol. The number of nitriles is 1. The lowest BCUT2D eigenvalue weighted by molar-refractivity contribution is -0.117. The predicted octanol–water partition coefficient (Wildman–Crippen LogP) is 0.733. The molecule has 0 radical (unpaired) electrons. The Morgan fingerprint density at radius 2 is 2.22 bits per heavy atom. The first-order valence-corrected chi connectivity index (χ1v) is 7.57. The summed E-state index contributed by atoms with van der Waals surface area (Å²) >= 11 is 0. The monoisotopic (exact) mass is 309 g/mol. The number of nitrogens with zero attached hydrogens (tertiary/aromatic N) is 7. The summed E-state index contributed by atoms with van der Waals surface area (Å²) in [5.41, 5.74) is 1.39. The molecule has 8 nitrogen and oxygen atoms in total. The third-order valence-electron chi connectivity index (χ3n) is 4.33. The van der Waals surface area contributed by atoms with Crippen LogP contribution in [0.4, 0.5) is 11.5 Å². The van der Waals surface area contributed by atoms with Crippen molar-refractivity contribution in [1.29, 1.82) is 5.26 Å². The van der Waals surface area contributed by atoms with E-state index in [0.717, 1.165) is 31.7 Å². The molecule has 0 bridgehead atoms. The maximum absolute atomic E-state index is 11.8. The Balaban J connectivity index is 1.45. The van der Waals surface area contributed by atoms with Gasteiger partial charge in [-0.25, -0.2) is 0 Å². The zero-order valence-electron chi connectivity index (χ0n) is 12.5. The van der Waals surface area contributed by atoms with Gasteiger partial charge in [-0.2, -0.15) is 15.5 Å². The fourth-order valence-corrected chi connectivity index (χ4v) is 3.03. The SMILES string of the molecule is N#Cc1ccnnc1N1CC(n2cc(N3CCCC3=O)cn2)C1. The normalized spacial score (nSPS) is 18.1. The molecule has 2 aliphatic rings. The number of rotatable bonds is 3. The Morgan fingerprint density at radius 3 is 2.96 bits per heavy atom.